The lowest BCUT2D eigenvalue weighted by atomic mass is 9.96. The number of fused-ring (bicyclic) bond motifs is 1. The molecule has 1 N–H and O–H groups in total. The minimum Gasteiger partial charge on any atom is -0.491 e. The van der Waals surface area contributed by atoms with Gasteiger partial charge in [0.25, 0.3) is 0 Å². The number of nitrogens with one attached hydrogen (secondary N) is 1. The predicted octanol–water partition coefficient (Wildman–Crippen LogP) is 4.25. The van der Waals surface area contributed by atoms with E-state index in [-0.39, 0.29) is 11.6 Å². The first-order valence-electron chi connectivity index (χ1n) is 6.93. The average molecular weight is 276 g/mol. The summed E-state index contributed by atoms with van der Waals surface area (Å²) in [7, 11) is 1.88. The van der Waals surface area contributed by atoms with Crippen LogP contribution in [0, 0.1) is 12.7 Å². The van der Waals surface area contributed by atoms with Crippen LogP contribution in [0.25, 0.3) is 10.9 Å². The molecule has 0 unspecified atom stereocenters. The molecule has 0 aliphatic carbocycles. The summed E-state index contributed by atoms with van der Waals surface area (Å²) in [5, 5.41) is 4.13. The van der Waals surface area contributed by atoms with Crippen molar-refractivity contribution in [1.82, 2.24) is 4.98 Å². The number of halogens is 1. The van der Waals surface area contributed by atoms with Gasteiger partial charge in [-0.1, -0.05) is 13.8 Å². The topological polar surface area (TPSA) is 34.1 Å². The summed E-state index contributed by atoms with van der Waals surface area (Å²) < 4.78 is 19.3. The molecule has 0 saturated heterocycles. The van der Waals surface area contributed by atoms with E-state index in [2.05, 4.69) is 24.1 Å². The van der Waals surface area contributed by atoms with E-state index in [1.54, 1.807) is 6.07 Å². The van der Waals surface area contributed by atoms with Crippen LogP contribution in [0.4, 0.5) is 10.1 Å². The minimum absolute atomic E-state index is 0.275. The first-order valence-corrected chi connectivity index (χ1v) is 6.93. The van der Waals surface area contributed by atoms with E-state index in [1.165, 1.54) is 6.07 Å². The Labute approximate surface area is 119 Å². The Morgan fingerprint density at radius 2 is 2.05 bits per heavy atom. The highest BCUT2D eigenvalue weighted by atomic mass is 19.1. The van der Waals surface area contributed by atoms with Gasteiger partial charge < -0.3 is 10.1 Å². The van der Waals surface area contributed by atoms with Gasteiger partial charge in [-0.2, -0.15) is 0 Å². The molecule has 0 radical (unpaired) electrons. The Hall–Kier alpha value is -1.84. The predicted molar refractivity (Wildman–Crippen MR) is 81.2 cm³/mol. The van der Waals surface area contributed by atoms with Crippen molar-refractivity contribution in [3.63, 3.8) is 0 Å². The molecule has 0 fully saturated rings. The van der Waals surface area contributed by atoms with Crippen molar-refractivity contribution in [2.24, 2.45) is 0 Å². The van der Waals surface area contributed by atoms with Crippen molar-refractivity contribution < 1.29 is 9.13 Å². The molecule has 0 aliphatic rings. The summed E-state index contributed by atoms with van der Waals surface area (Å²) >= 11 is 0. The van der Waals surface area contributed by atoms with E-state index < -0.39 is 0 Å². The summed E-state index contributed by atoms with van der Waals surface area (Å²) in [6.07, 6.45) is 0. The molecule has 1 aromatic carbocycles. The maximum absolute atomic E-state index is 13.9. The monoisotopic (exact) mass is 276 g/mol. The van der Waals surface area contributed by atoms with Crippen molar-refractivity contribution in [1.29, 1.82) is 0 Å². The number of nitrogens with zero attached hydrogens (tertiary/aromatic N) is 1. The zero-order valence-corrected chi connectivity index (χ0v) is 12.7. The first-order chi connectivity index (χ1) is 9.49. The molecule has 1 aromatic heterocycles. The van der Waals surface area contributed by atoms with Crippen molar-refractivity contribution in [3.05, 3.63) is 29.2 Å². The lowest BCUT2D eigenvalue weighted by molar-refractivity contribution is 0.322. The zero-order chi connectivity index (χ0) is 14.9. The number of hydrogen-bond acceptors (Lipinski definition) is 3. The fraction of sp³-hybridized carbons (Fsp3) is 0.438. The molecule has 0 amide bonds. The normalized spacial score (nSPS) is 11.2. The molecule has 108 valence electrons. The van der Waals surface area contributed by atoms with Crippen molar-refractivity contribution in [3.8, 4) is 5.75 Å². The van der Waals surface area contributed by atoms with Gasteiger partial charge in [-0.25, -0.2) is 4.39 Å². The molecular weight excluding hydrogens is 255 g/mol. The molecule has 2 aromatic rings. The van der Waals surface area contributed by atoms with Gasteiger partial charge in [0.2, 0.25) is 0 Å². The summed E-state index contributed by atoms with van der Waals surface area (Å²) in [5.41, 5.74) is 3.75. The van der Waals surface area contributed by atoms with Crippen LogP contribution >= 0.6 is 0 Å². The second-order valence-electron chi connectivity index (χ2n) is 5.12. The third-order valence-corrected chi connectivity index (χ3v) is 3.39. The Morgan fingerprint density at radius 3 is 2.60 bits per heavy atom. The smallest absolute Gasteiger partial charge is 0.167 e. The molecule has 2 rings (SSSR count). The number of pyridine rings is 1. The Morgan fingerprint density at radius 1 is 1.35 bits per heavy atom. The third-order valence-electron chi connectivity index (χ3n) is 3.39. The quantitative estimate of drug-likeness (QED) is 0.906. The van der Waals surface area contributed by atoms with Gasteiger partial charge in [-0.3, -0.25) is 4.98 Å². The van der Waals surface area contributed by atoms with Crippen molar-refractivity contribution >= 4 is 16.6 Å². The van der Waals surface area contributed by atoms with Crippen LogP contribution in [0.1, 0.15) is 37.9 Å². The second kappa shape index (κ2) is 5.65. The summed E-state index contributed by atoms with van der Waals surface area (Å²) in [5.74, 6) is 0.248. The first kappa shape index (κ1) is 14.6. The van der Waals surface area contributed by atoms with E-state index in [1.807, 2.05) is 20.9 Å². The summed E-state index contributed by atoms with van der Waals surface area (Å²) in [6.45, 7) is 8.50. The van der Waals surface area contributed by atoms with Crippen molar-refractivity contribution in [2.45, 2.75) is 33.6 Å². The highest BCUT2D eigenvalue weighted by Gasteiger charge is 2.17. The van der Waals surface area contributed by atoms with Crippen LogP contribution in [-0.4, -0.2) is 18.6 Å². The summed E-state index contributed by atoms with van der Waals surface area (Å²) in [4.78, 5) is 4.53. The number of ether oxygens (including phenoxy) is 1. The van der Waals surface area contributed by atoms with Crippen LogP contribution < -0.4 is 10.1 Å². The highest BCUT2D eigenvalue weighted by molar-refractivity contribution is 5.94. The summed E-state index contributed by atoms with van der Waals surface area (Å²) in [6, 6.07) is 3.18. The highest BCUT2D eigenvalue weighted by Crippen LogP contribution is 2.36. The van der Waals surface area contributed by atoms with Crippen LogP contribution in [0.15, 0.2) is 12.1 Å². The van der Waals surface area contributed by atoms with Crippen LogP contribution in [0.3, 0.4) is 0 Å². The fourth-order valence-corrected chi connectivity index (χ4v) is 2.64. The third kappa shape index (κ3) is 2.42. The standard InChI is InChI=1S/C16H21FN2O/c1-6-20-14-7-11-13(8-12(14)17)19-10(4)15(9(2)3)16(11)18-5/h7-9H,6H2,1-5H3,(H,18,19). The lowest BCUT2D eigenvalue weighted by Gasteiger charge is -2.18. The molecule has 0 atom stereocenters. The number of aryl methyl sites for hydroxylation is 1. The van der Waals surface area contributed by atoms with Gasteiger partial charge in [-0.15, -0.1) is 0 Å². The van der Waals surface area contributed by atoms with Crippen LogP contribution in [0.5, 0.6) is 5.75 Å². The molecule has 0 saturated carbocycles. The van der Waals surface area contributed by atoms with E-state index in [0.717, 1.165) is 22.3 Å². The number of rotatable bonds is 4. The maximum atomic E-state index is 13.9. The van der Waals surface area contributed by atoms with Crippen LogP contribution in [0.2, 0.25) is 0 Å². The molecule has 0 bridgehead atoms. The fourth-order valence-electron chi connectivity index (χ4n) is 2.64. The number of anilines is 1. The Bertz CT molecular complexity index is 638. The number of benzene rings is 1. The molecule has 4 heteroatoms. The van der Waals surface area contributed by atoms with E-state index in [9.17, 15) is 4.39 Å². The van der Waals surface area contributed by atoms with Crippen LogP contribution in [-0.2, 0) is 0 Å². The van der Waals surface area contributed by atoms with E-state index >= 15 is 0 Å². The van der Waals surface area contributed by atoms with Gasteiger partial charge in [0, 0.05) is 29.9 Å². The van der Waals surface area contributed by atoms with Gasteiger partial charge in [0.15, 0.2) is 11.6 Å². The molecule has 3 nitrogen and oxygen atoms in total. The van der Waals surface area contributed by atoms with E-state index in [4.69, 9.17) is 4.74 Å². The largest absolute Gasteiger partial charge is 0.491 e. The average Bonchev–Trinajstić information content (AvgIpc) is 2.38. The minimum atomic E-state index is -0.370. The van der Waals surface area contributed by atoms with Gasteiger partial charge in [0.05, 0.1) is 12.1 Å². The van der Waals surface area contributed by atoms with Gasteiger partial charge in [0.1, 0.15) is 0 Å². The Kier molecular flexibility index (Phi) is 4.12. The second-order valence-corrected chi connectivity index (χ2v) is 5.12. The lowest BCUT2D eigenvalue weighted by Crippen LogP contribution is -2.05. The van der Waals surface area contributed by atoms with Gasteiger partial charge in [-0.05, 0) is 31.4 Å². The van der Waals surface area contributed by atoms with E-state index in [0.29, 0.717) is 18.0 Å². The molecule has 0 aliphatic heterocycles. The zero-order valence-electron chi connectivity index (χ0n) is 12.7. The molecular formula is C16H21FN2O. The van der Waals surface area contributed by atoms with Gasteiger partial charge >= 0.3 is 0 Å². The number of hydrogen-bond donors (Lipinski definition) is 1. The molecule has 20 heavy (non-hydrogen) atoms. The Balaban J connectivity index is 2.80. The molecule has 0 spiro atoms. The molecule has 1 heterocycles. The SMILES string of the molecule is CCOc1cc2c(NC)c(C(C)C)c(C)nc2cc1F. The van der Waals surface area contributed by atoms with Crippen molar-refractivity contribution in [2.75, 3.05) is 19.0 Å². The number of aromatic nitrogens is 1. The maximum Gasteiger partial charge on any atom is 0.167 e.